The molecule has 0 saturated heterocycles. The third-order valence-electron chi connectivity index (χ3n) is 3.26. The molecule has 1 heterocycles. The maximum Gasteiger partial charge on any atom is 0.293 e. The van der Waals surface area contributed by atoms with E-state index >= 15 is 0 Å². The molecule has 0 unspecified atom stereocenters. The van der Waals surface area contributed by atoms with Crippen molar-refractivity contribution in [1.29, 1.82) is 0 Å². The van der Waals surface area contributed by atoms with E-state index < -0.39 is 0 Å². The van der Waals surface area contributed by atoms with Crippen molar-refractivity contribution in [3.63, 3.8) is 0 Å². The lowest BCUT2D eigenvalue weighted by Crippen LogP contribution is -2.46. The van der Waals surface area contributed by atoms with Gasteiger partial charge >= 0.3 is 0 Å². The Balaban J connectivity index is 2.18. The first-order valence-electron chi connectivity index (χ1n) is 6.54. The number of carbonyl (C=O) groups is 1. The molecule has 1 aromatic carbocycles. The number of benzene rings is 1. The molecule has 1 amide bonds. The van der Waals surface area contributed by atoms with Crippen molar-refractivity contribution in [1.82, 2.24) is 0 Å². The molecule has 1 aromatic heterocycles. The highest BCUT2D eigenvalue weighted by molar-refractivity contribution is 5.93. The van der Waals surface area contributed by atoms with Crippen molar-refractivity contribution in [3.05, 3.63) is 54.4 Å². The molecule has 20 heavy (non-hydrogen) atoms. The van der Waals surface area contributed by atoms with Crippen LogP contribution in [0.4, 0.5) is 5.69 Å². The Morgan fingerprint density at radius 3 is 2.60 bits per heavy atom. The van der Waals surface area contributed by atoms with Crippen molar-refractivity contribution in [2.24, 2.45) is 0 Å². The van der Waals surface area contributed by atoms with Gasteiger partial charge in [-0.15, -0.1) is 0 Å². The fourth-order valence-corrected chi connectivity index (χ4v) is 2.09. The Kier molecular flexibility index (Phi) is 4.35. The van der Waals surface area contributed by atoms with E-state index in [1.807, 2.05) is 67.1 Å². The lowest BCUT2D eigenvalue weighted by atomic mass is 10.2. The molecule has 4 nitrogen and oxygen atoms in total. The molecule has 0 aliphatic carbocycles. The minimum absolute atomic E-state index is 0.0752. The molecule has 0 aliphatic rings. The number of ether oxygens (including phenoxy) is 1. The van der Waals surface area contributed by atoms with Crippen molar-refractivity contribution < 1.29 is 14.1 Å². The quantitative estimate of drug-likeness (QED) is 0.868. The van der Waals surface area contributed by atoms with Crippen molar-refractivity contribution in [2.45, 2.75) is 19.9 Å². The van der Waals surface area contributed by atoms with Gasteiger partial charge < -0.3 is 10.1 Å². The molecule has 2 rings (SSSR count). The molecule has 0 saturated carbocycles. The summed E-state index contributed by atoms with van der Waals surface area (Å²) < 4.78 is 7.17. The van der Waals surface area contributed by atoms with Gasteiger partial charge in [0.25, 0.3) is 5.91 Å². The van der Waals surface area contributed by atoms with Crippen LogP contribution in [0.2, 0.25) is 0 Å². The van der Waals surface area contributed by atoms with Gasteiger partial charge in [0, 0.05) is 26.0 Å². The van der Waals surface area contributed by atoms with E-state index in [0.717, 1.165) is 5.69 Å². The zero-order chi connectivity index (χ0) is 14.5. The fraction of sp³-hybridized carbons (Fsp3) is 0.250. The zero-order valence-corrected chi connectivity index (χ0v) is 12.0. The Morgan fingerprint density at radius 1 is 1.20 bits per heavy atom. The first-order valence-corrected chi connectivity index (χ1v) is 6.54. The Labute approximate surface area is 119 Å². The van der Waals surface area contributed by atoms with E-state index in [1.165, 1.54) is 0 Å². The summed E-state index contributed by atoms with van der Waals surface area (Å²) in [7, 11) is 1.59. The molecule has 4 heteroatoms. The molecule has 1 atom stereocenters. The minimum Gasteiger partial charge on any atom is -0.495 e. The minimum atomic E-state index is -0.291. The molecule has 0 bridgehead atoms. The summed E-state index contributed by atoms with van der Waals surface area (Å²) in [5.74, 6) is 0.580. The van der Waals surface area contributed by atoms with E-state index in [4.69, 9.17) is 4.74 Å². The second kappa shape index (κ2) is 6.19. The van der Waals surface area contributed by atoms with Gasteiger partial charge in [-0.1, -0.05) is 18.2 Å². The highest BCUT2D eigenvalue weighted by Gasteiger charge is 2.24. The largest absolute Gasteiger partial charge is 0.495 e. The number of aryl methyl sites for hydroxylation is 1. The third kappa shape index (κ3) is 2.96. The van der Waals surface area contributed by atoms with Gasteiger partial charge in [-0.25, -0.2) is 0 Å². The summed E-state index contributed by atoms with van der Waals surface area (Å²) >= 11 is 0. The van der Waals surface area contributed by atoms with Gasteiger partial charge in [0.15, 0.2) is 11.9 Å². The van der Waals surface area contributed by atoms with Crippen LogP contribution in [-0.2, 0) is 4.79 Å². The summed E-state index contributed by atoms with van der Waals surface area (Å²) in [5.41, 5.74) is 1.72. The van der Waals surface area contributed by atoms with Crippen LogP contribution in [0.3, 0.4) is 0 Å². The standard InChI is InChI=1S/C16H18N2O2/c1-12-8-6-7-11-18(12)13(2)16(19)17-14-9-4-5-10-15(14)20-3/h4-11,13H,1-3H3/p+1/t13-/m0/s1. The molecule has 0 spiro atoms. The van der Waals surface area contributed by atoms with E-state index in [2.05, 4.69) is 5.32 Å². The summed E-state index contributed by atoms with van der Waals surface area (Å²) in [6, 6.07) is 12.9. The number of amides is 1. The van der Waals surface area contributed by atoms with Crippen molar-refractivity contribution in [2.75, 3.05) is 12.4 Å². The van der Waals surface area contributed by atoms with E-state index in [-0.39, 0.29) is 11.9 Å². The number of aromatic nitrogens is 1. The van der Waals surface area contributed by atoms with Crippen LogP contribution in [-0.4, -0.2) is 13.0 Å². The monoisotopic (exact) mass is 271 g/mol. The molecular weight excluding hydrogens is 252 g/mol. The molecule has 2 aromatic rings. The summed E-state index contributed by atoms with van der Waals surface area (Å²) in [4.78, 5) is 12.3. The maximum atomic E-state index is 12.3. The average Bonchev–Trinajstić information content (AvgIpc) is 2.47. The Hall–Kier alpha value is -2.36. The second-order valence-corrected chi connectivity index (χ2v) is 4.61. The van der Waals surface area contributed by atoms with Crippen LogP contribution in [0.15, 0.2) is 48.7 Å². The zero-order valence-electron chi connectivity index (χ0n) is 12.0. The molecule has 0 radical (unpaired) electrons. The number of para-hydroxylation sites is 2. The Bertz CT molecular complexity index is 611. The normalized spacial score (nSPS) is 11.8. The third-order valence-corrected chi connectivity index (χ3v) is 3.26. The summed E-state index contributed by atoms with van der Waals surface area (Å²) in [5, 5.41) is 2.90. The highest BCUT2D eigenvalue weighted by Crippen LogP contribution is 2.23. The number of hydrogen-bond acceptors (Lipinski definition) is 2. The fourth-order valence-electron chi connectivity index (χ4n) is 2.09. The lowest BCUT2D eigenvalue weighted by molar-refractivity contribution is -0.711. The number of nitrogens with one attached hydrogen (secondary N) is 1. The smallest absolute Gasteiger partial charge is 0.293 e. The number of pyridine rings is 1. The topological polar surface area (TPSA) is 42.2 Å². The van der Waals surface area contributed by atoms with Gasteiger partial charge in [0.2, 0.25) is 6.04 Å². The van der Waals surface area contributed by atoms with E-state index in [9.17, 15) is 4.79 Å². The van der Waals surface area contributed by atoms with Crippen LogP contribution < -0.4 is 14.6 Å². The molecule has 104 valence electrons. The van der Waals surface area contributed by atoms with E-state index in [0.29, 0.717) is 11.4 Å². The maximum absolute atomic E-state index is 12.3. The number of methoxy groups -OCH3 is 1. The Morgan fingerprint density at radius 2 is 1.90 bits per heavy atom. The number of hydrogen-bond donors (Lipinski definition) is 1. The summed E-state index contributed by atoms with van der Waals surface area (Å²) in [6.07, 6.45) is 1.90. The molecular formula is C16H19N2O2+. The molecule has 0 fully saturated rings. The SMILES string of the molecule is COc1ccccc1NC(=O)[C@H](C)[n+]1ccccc1C. The van der Waals surface area contributed by atoms with Gasteiger partial charge in [-0.05, 0) is 12.1 Å². The van der Waals surface area contributed by atoms with Crippen LogP contribution in [0, 0.1) is 6.92 Å². The van der Waals surface area contributed by atoms with Gasteiger partial charge in [-0.2, -0.15) is 4.57 Å². The van der Waals surface area contributed by atoms with Crippen molar-refractivity contribution >= 4 is 11.6 Å². The number of rotatable bonds is 4. The van der Waals surface area contributed by atoms with Crippen molar-refractivity contribution in [3.8, 4) is 5.75 Å². The number of nitrogens with zero attached hydrogens (tertiary/aromatic N) is 1. The molecule has 1 N–H and O–H groups in total. The second-order valence-electron chi connectivity index (χ2n) is 4.61. The number of carbonyl (C=O) groups excluding carboxylic acids is 1. The average molecular weight is 271 g/mol. The van der Waals surface area contributed by atoms with Crippen LogP contribution in [0.5, 0.6) is 5.75 Å². The highest BCUT2D eigenvalue weighted by atomic mass is 16.5. The van der Waals surface area contributed by atoms with Gasteiger partial charge in [-0.3, -0.25) is 4.79 Å². The predicted octanol–water partition coefficient (Wildman–Crippen LogP) is 2.49. The first-order chi connectivity index (χ1) is 9.63. The van der Waals surface area contributed by atoms with Crippen LogP contribution >= 0.6 is 0 Å². The van der Waals surface area contributed by atoms with Gasteiger partial charge in [0.05, 0.1) is 12.8 Å². The predicted molar refractivity (Wildman–Crippen MR) is 77.7 cm³/mol. The number of anilines is 1. The van der Waals surface area contributed by atoms with Crippen LogP contribution in [0.1, 0.15) is 18.7 Å². The summed E-state index contributed by atoms with van der Waals surface area (Å²) in [6.45, 7) is 3.85. The van der Waals surface area contributed by atoms with E-state index in [1.54, 1.807) is 7.11 Å². The van der Waals surface area contributed by atoms with Crippen LogP contribution in [0.25, 0.3) is 0 Å². The molecule has 0 aliphatic heterocycles. The van der Waals surface area contributed by atoms with Gasteiger partial charge in [0.1, 0.15) is 5.75 Å². The first kappa shape index (κ1) is 14.1. The lowest BCUT2D eigenvalue weighted by Gasteiger charge is -2.12.